The summed E-state index contributed by atoms with van der Waals surface area (Å²) in [6, 6.07) is 16.6. The predicted molar refractivity (Wildman–Crippen MR) is 138 cm³/mol. The Hall–Kier alpha value is -3.55. The van der Waals surface area contributed by atoms with Crippen LogP contribution in [-0.4, -0.2) is 52.2 Å². The van der Waals surface area contributed by atoms with Gasteiger partial charge in [-0.25, -0.2) is 0 Å². The summed E-state index contributed by atoms with van der Waals surface area (Å²) in [5.41, 5.74) is 1.72. The number of aromatic hydroxyl groups is 3. The van der Waals surface area contributed by atoms with Crippen molar-refractivity contribution in [2.24, 2.45) is 0 Å². The molecule has 1 aliphatic heterocycles. The van der Waals surface area contributed by atoms with E-state index in [9.17, 15) is 20.1 Å². The highest BCUT2D eigenvalue weighted by molar-refractivity contribution is 7.22. The van der Waals surface area contributed by atoms with Gasteiger partial charge >= 0.3 is 0 Å². The van der Waals surface area contributed by atoms with Crippen molar-refractivity contribution >= 4 is 27.2 Å². The van der Waals surface area contributed by atoms with E-state index in [4.69, 9.17) is 4.74 Å². The second-order valence-corrected chi connectivity index (χ2v) is 9.85. The van der Waals surface area contributed by atoms with Crippen LogP contribution in [0.3, 0.4) is 0 Å². The number of thiophene rings is 1. The molecular weight excluding hydrogens is 462 g/mol. The number of likely N-dealkylation sites (tertiary alicyclic amines) is 1. The van der Waals surface area contributed by atoms with Gasteiger partial charge in [0, 0.05) is 38.7 Å². The predicted octanol–water partition coefficient (Wildman–Crippen LogP) is 5.78. The summed E-state index contributed by atoms with van der Waals surface area (Å²) in [7, 11) is 0. The summed E-state index contributed by atoms with van der Waals surface area (Å²) in [6.07, 6.45) is 3.80. The van der Waals surface area contributed by atoms with Crippen molar-refractivity contribution in [3.8, 4) is 33.4 Å². The standard InChI is InChI=1S/C28H27NO5S/c30-20-8-4-19(5-9-20)28-26(22-16-23(31)24(32)17-25(22)35-28)27(33)18-6-10-21(11-7-18)34-15-14-29-12-2-1-3-13-29/h4-11,16-17,30-32H,1-3,12-15H2. The minimum Gasteiger partial charge on any atom is -0.508 e. The van der Waals surface area contributed by atoms with E-state index in [-0.39, 0.29) is 23.0 Å². The third-order valence-corrected chi connectivity index (χ3v) is 7.58. The van der Waals surface area contributed by atoms with E-state index in [2.05, 4.69) is 4.90 Å². The lowest BCUT2D eigenvalue weighted by Crippen LogP contribution is -2.33. The molecule has 0 aliphatic carbocycles. The van der Waals surface area contributed by atoms with Crippen LogP contribution in [0.15, 0.2) is 60.7 Å². The number of phenols is 3. The van der Waals surface area contributed by atoms with Crippen LogP contribution in [0.25, 0.3) is 20.5 Å². The minimum atomic E-state index is -0.279. The SMILES string of the molecule is O=C(c1ccc(OCCN2CCCCC2)cc1)c1c(-c2ccc(O)cc2)sc2cc(O)c(O)cc12. The van der Waals surface area contributed by atoms with E-state index >= 15 is 0 Å². The summed E-state index contributed by atoms with van der Waals surface area (Å²) in [5, 5.41) is 30.4. The Morgan fingerprint density at radius 1 is 0.886 bits per heavy atom. The smallest absolute Gasteiger partial charge is 0.195 e. The fourth-order valence-corrected chi connectivity index (χ4v) is 5.70. The molecule has 0 spiro atoms. The van der Waals surface area contributed by atoms with Crippen molar-refractivity contribution in [3.63, 3.8) is 0 Å². The molecule has 0 atom stereocenters. The van der Waals surface area contributed by atoms with Gasteiger partial charge in [0.05, 0.1) is 0 Å². The van der Waals surface area contributed by atoms with Crippen LogP contribution in [0.2, 0.25) is 0 Å². The average molecular weight is 490 g/mol. The maximum atomic E-state index is 13.7. The Kier molecular flexibility index (Phi) is 6.61. The molecule has 0 radical (unpaired) electrons. The molecule has 0 amide bonds. The van der Waals surface area contributed by atoms with Gasteiger partial charge in [0.2, 0.25) is 0 Å². The van der Waals surface area contributed by atoms with E-state index in [1.54, 1.807) is 36.4 Å². The number of benzene rings is 3. The molecule has 3 N–H and O–H groups in total. The Morgan fingerprint density at radius 3 is 2.29 bits per heavy atom. The second kappa shape index (κ2) is 9.98. The molecule has 6 nitrogen and oxygen atoms in total. The summed E-state index contributed by atoms with van der Waals surface area (Å²) < 4.78 is 6.59. The fourth-order valence-electron chi connectivity index (χ4n) is 4.48. The normalized spacial score (nSPS) is 14.3. The number of piperidine rings is 1. The van der Waals surface area contributed by atoms with Crippen LogP contribution in [0.4, 0.5) is 0 Å². The van der Waals surface area contributed by atoms with Crippen molar-refractivity contribution in [2.45, 2.75) is 19.3 Å². The molecule has 1 saturated heterocycles. The van der Waals surface area contributed by atoms with Crippen LogP contribution in [0.1, 0.15) is 35.2 Å². The van der Waals surface area contributed by atoms with Crippen molar-refractivity contribution in [1.29, 1.82) is 0 Å². The third-order valence-electron chi connectivity index (χ3n) is 6.38. The largest absolute Gasteiger partial charge is 0.508 e. The monoisotopic (exact) mass is 489 g/mol. The topological polar surface area (TPSA) is 90.2 Å². The summed E-state index contributed by atoms with van der Waals surface area (Å²) in [5.74, 6) is 0.147. The van der Waals surface area contributed by atoms with Gasteiger partial charge in [-0.2, -0.15) is 0 Å². The van der Waals surface area contributed by atoms with Crippen LogP contribution in [-0.2, 0) is 0 Å². The first-order chi connectivity index (χ1) is 17.0. The van der Waals surface area contributed by atoms with Crippen molar-refractivity contribution in [3.05, 3.63) is 71.8 Å². The molecule has 3 aromatic carbocycles. The lowest BCUT2D eigenvalue weighted by atomic mass is 9.97. The van der Waals surface area contributed by atoms with Gasteiger partial charge in [-0.05, 0) is 86.1 Å². The first kappa shape index (κ1) is 23.2. The number of phenolic OH excluding ortho intramolecular Hbond substituents is 3. The molecule has 0 saturated carbocycles. The molecule has 180 valence electrons. The maximum absolute atomic E-state index is 13.7. The summed E-state index contributed by atoms with van der Waals surface area (Å²) >= 11 is 1.35. The number of hydrogen-bond acceptors (Lipinski definition) is 7. The van der Waals surface area contributed by atoms with E-state index in [0.29, 0.717) is 32.7 Å². The lowest BCUT2D eigenvalue weighted by Gasteiger charge is -2.26. The van der Waals surface area contributed by atoms with Gasteiger partial charge in [0.25, 0.3) is 0 Å². The van der Waals surface area contributed by atoms with Crippen LogP contribution in [0.5, 0.6) is 23.0 Å². The van der Waals surface area contributed by atoms with Gasteiger partial charge in [-0.15, -0.1) is 11.3 Å². The molecule has 1 fully saturated rings. The van der Waals surface area contributed by atoms with E-state index in [1.165, 1.54) is 42.7 Å². The third kappa shape index (κ3) is 4.97. The Bertz CT molecular complexity index is 1340. The van der Waals surface area contributed by atoms with Gasteiger partial charge in [0.15, 0.2) is 17.3 Å². The molecular formula is C28H27NO5S. The minimum absolute atomic E-state index is 0.133. The molecule has 5 rings (SSSR count). The highest BCUT2D eigenvalue weighted by Crippen LogP contribution is 2.44. The first-order valence-corrected chi connectivity index (χ1v) is 12.6. The molecule has 0 unspecified atom stereocenters. The number of carbonyl (C=O) groups excluding carboxylic acids is 1. The van der Waals surface area contributed by atoms with Gasteiger partial charge in [-0.3, -0.25) is 9.69 Å². The molecule has 4 aromatic rings. The molecule has 0 bridgehead atoms. The zero-order chi connectivity index (χ0) is 24.4. The van der Waals surface area contributed by atoms with Crippen LogP contribution >= 0.6 is 11.3 Å². The van der Waals surface area contributed by atoms with E-state index in [1.807, 2.05) is 12.1 Å². The molecule has 2 heterocycles. The van der Waals surface area contributed by atoms with E-state index < -0.39 is 0 Å². The highest BCUT2D eigenvalue weighted by Gasteiger charge is 2.23. The number of carbonyl (C=O) groups is 1. The Labute approximate surface area is 207 Å². The average Bonchev–Trinajstić information content (AvgIpc) is 3.23. The lowest BCUT2D eigenvalue weighted by molar-refractivity contribution is 0.104. The fraction of sp³-hybridized carbons (Fsp3) is 0.250. The molecule has 7 heteroatoms. The quantitative estimate of drug-likeness (QED) is 0.225. The molecule has 1 aliphatic rings. The van der Waals surface area contributed by atoms with Gasteiger partial charge < -0.3 is 20.1 Å². The van der Waals surface area contributed by atoms with Gasteiger partial charge in [-0.1, -0.05) is 6.42 Å². The summed E-state index contributed by atoms with van der Waals surface area (Å²) in [4.78, 5) is 16.8. The number of nitrogens with zero attached hydrogens (tertiary/aromatic N) is 1. The Balaban J connectivity index is 1.42. The number of rotatable bonds is 7. The first-order valence-electron chi connectivity index (χ1n) is 11.8. The molecule has 35 heavy (non-hydrogen) atoms. The van der Waals surface area contributed by atoms with Crippen LogP contribution in [0, 0.1) is 0 Å². The molecule has 1 aromatic heterocycles. The number of fused-ring (bicyclic) bond motifs is 1. The number of ketones is 1. The van der Waals surface area contributed by atoms with Gasteiger partial charge in [0.1, 0.15) is 18.1 Å². The van der Waals surface area contributed by atoms with Crippen molar-refractivity contribution in [1.82, 2.24) is 4.90 Å². The summed E-state index contributed by atoms with van der Waals surface area (Å²) in [6.45, 7) is 3.76. The number of hydrogen-bond donors (Lipinski definition) is 3. The van der Waals surface area contributed by atoms with Crippen molar-refractivity contribution < 1.29 is 24.9 Å². The second-order valence-electron chi connectivity index (χ2n) is 8.79. The van der Waals surface area contributed by atoms with E-state index in [0.717, 1.165) is 30.9 Å². The van der Waals surface area contributed by atoms with Crippen molar-refractivity contribution in [2.75, 3.05) is 26.2 Å². The highest BCUT2D eigenvalue weighted by atomic mass is 32.1. The zero-order valence-corrected chi connectivity index (χ0v) is 20.1. The maximum Gasteiger partial charge on any atom is 0.195 e. The number of ether oxygens (including phenoxy) is 1. The Morgan fingerprint density at radius 2 is 1.57 bits per heavy atom. The zero-order valence-electron chi connectivity index (χ0n) is 19.2. The van der Waals surface area contributed by atoms with Crippen LogP contribution < -0.4 is 4.74 Å².